The number of hydrogen-bond donors (Lipinski definition) is 1. The first kappa shape index (κ1) is 21.6. The molecule has 7 heteroatoms. The Kier molecular flexibility index (Phi) is 8.77. The van der Waals surface area contributed by atoms with Crippen LogP contribution in [0.25, 0.3) is 16.4 Å². The predicted octanol–water partition coefficient (Wildman–Crippen LogP) is 5.56. The maximum Gasteiger partial charge on any atom is 0.220 e. The summed E-state index contributed by atoms with van der Waals surface area (Å²) in [6.45, 7) is 2.98. The number of unbranched alkanes of at least 4 members (excludes halogenated alkanes) is 3. The lowest BCUT2D eigenvalue weighted by molar-refractivity contribution is -0.121. The monoisotopic (exact) mass is 428 g/mol. The molecule has 1 amide bonds. The SMILES string of the molecule is CCCCCCNC(=O)CCCSc1nnc(-c2cccs2)n1-c1ccccc1. The third-order valence-corrected chi connectivity index (χ3v) is 6.40. The Morgan fingerprint density at radius 1 is 1.07 bits per heavy atom. The largest absolute Gasteiger partial charge is 0.356 e. The highest BCUT2D eigenvalue weighted by atomic mass is 32.2. The number of para-hydroxylation sites is 1. The number of carbonyl (C=O) groups excluding carboxylic acids is 1. The molecule has 2 aromatic heterocycles. The number of benzene rings is 1. The smallest absolute Gasteiger partial charge is 0.220 e. The fraction of sp³-hybridized carbons (Fsp3) is 0.409. The van der Waals surface area contributed by atoms with Crippen LogP contribution in [0.3, 0.4) is 0 Å². The first-order valence-electron chi connectivity index (χ1n) is 10.2. The van der Waals surface area contributed by atoms with E-state index in [1.807, 2.05) is 29.6 Å². The van der Waals surface area contributed by atoms with E-state index in [9.17, 15) is 4.79 Å². The molecule has 154 valence electrons. The lowest BCUT2D eigenvalue weighted by Gasteiger charge is -2.09. The Hall–Kier alpha value is -2.12. The molecule has 1 aromatic carbocycles. The second-order valence-electron chi connectivity index (χ2n) is 6.82. The van der Waals surface area contributed by atoms with Gasteiger partial charge in [0.15, 0.2) is 11.0 Å². The van der Waals surface area contributed by atoms with Crippen LogP contribution in [0.1, 0.15) is 45.4 Å². The number of aromatic nitrogens is 3. The average molecular weight is 429 g/mol. The van der Waals surface area contributed by atoms with Crippen molar-refractivity contribution < 1.29 is 4.79 Å². The summed E-state index contributed by atoms with van der Waals surface area (Å²) >= 11 is 3.31. The second-order valence-corrected chi connectivity index (χ2v) is 8.83. The third kappa shape index (κ3) is 6.44. The summed E-state index contributed by atoms with van der Waals surface area (Å²) in [5, 5.41) is 14.8. The molecule has 0 unspecified atom stereocenters. The summed E-state index contributed by atoms with van der Waals surface area (Å²) < 4.78 is 2.10. The van der Waals surface area contributed by atoms with E-state index in [0.717, 1.165) is 46.7 Å². The standard InChI is InChI=1S/C22H28N4OS2/c1-2-3-4-8-15-23-20(27)14-10-17-29-22-25-24-21(19-13-9-16-28-19)26(22)18-11-6-5-7-12-18/h5-7,9,11-13,16H,2-4,8,10,14-15,17H2,1H3,(H,23,27). The fourth-order valence-electron chi connectivity index (χ4n) is 3.00. The molecule has 0 aliphatic rings. The first-order valence-corrected chi connectivity index (χ1v) is 12.1. The summed E-state index contributed by atoms with van der Waals surface area (Å²) in [5.74, 6) is 1.84. The van der Waals surface area contributed by atoms with Gasteiger partial charge in [0.2, 0.25) is 5.91 Å². The fourth-order valence-corrected chi connectivity index (χ4v) is 4.59. The number of amides is 1. The van der Waals surface area contributed by atoms with E-state index in [2.05, 4.69) is 45.2 Å². The molecule has 0 bridgehead atoms. The molecule has 1 N–H and O–H groups in total. The molecule has 0 aliphatic heterocycles. The van der Waals surface area contributed by atoms with E-state index >= 15 is 0 Å². The summed E-state index contributed by atoms with van der Waals surface area (Å²) in [5.41, 5.74) is 1.05. The van der Waals surface area contributed by atoms with Crippen molar-refractivity contribution in [3.05, 3.63) is 47.8 Å². The van der Waals surface area contributed by atoms with Gasteiger partial charge in [0.1, 0.15) is 0 Å². The van der Waals surface area contributed by atoms with Gasteiger partial charge in [-0.15, -0.1) is 21.5 Å². The summed E-state index contributed by atoms with van der Waals surface area (Å²) in [4.78, 5) is 13.1. The number of nitrogens with zero attached hydrogens (tertiary/aromatic N) is 3. The van der Waals surface area contributed by atoms with Gasteiger partial charge in [-0.25, -0.2) is 0 Å². The third-order valence-electron chi connectivity index (χ3n) is 4.52. The molecule has 0 fully saturated rings. The van der Waals surface area contributed by atoms with Crippen molar-refractivity contribution >= 4 is 29.0 Å². The molecule has 3 rings (SSSR count). The highest BCUT2D eigenvalue weighted by Crippen LogP contribution is 2.30. The van der Waals surface area contributed by atoms with E-state index in [1.165, 1.54) is 19.3 Å². The maximum atomic E-state index is 12.0. The van der Waals surface area contributed by atoms with Crippen molar-refractivity contribution in [1.82, 2.24) is 20.1 Å². The van der Waals surface area contributed by atoms with Crippen molar-refractivity contribution in [3.63, 3.8) is 0 Å². The molecule has 29 heavy (non-hydrogen) atoms. The normalized spacial score (nSPS) is 10.9. The highest BCUT2D eigenvalue weighted by molar-refractivity contribution is 7.99. The minimum Gasteiger partial charge on any atom is -0.356 e. The zero-order valence-electron chi connectivity index (χ0n) is 16.8. The molecule has 0 saturated carbocycles. The molecule has 0 radical (unpaired) electrons. The Bertz CT molecular complexity index is 862. The van der Waals surface area contributed by atoms with Gasteiger partial charge in [-0.2, -0.15) is 0 Å². The quantitative estimate of drug-likeness (QED) is 0.303. The lowest BCUT2D eigenvalue weighted by Crippen LogP contribution is -2.24. The second kappa shape index (κ2) is 11.8. The van der Waals surface area contributed by atoms with Gasteiger partial charge in [0.05, 0.1) is 4.88 Å². The number of carbonyl (C=O) groups is 1. The highest BCUT2D eigenvalue weighted by Gasteiger charge is 2.16. The lowest BCUT2D eigenvalue weighted by atomic mass is 10.2. The molecule has 2 heterocycles. The Morgan fingerprint density at radius 2 is 1.93 bits per heavy atom. The molecule has 0 aliphatic carbocycles. The van der Waals surface area contributed by atoms with Gasteiger partial charge in [-0.05, 0) is 36.4 Å². The maximum absolute atomic E-state index is 12.0. The van der Waals surface area contributed by atoms with Crippen LogP contribution >= 0.6 is 23.1 Å². The van der Waals surface area contributed by atoms with Gasteiger partial charge >= 0.3 is 0 Å². The van der Waals surface area contributed by atoms with Crippen molar-refractivity contribution in [1.29, 1.82) is 0 Å². The van der Waals surface area contributed by atoms with E-state index in [1.54, 1.807) is 23.1 Å². The van der Waals surface area contributed by atoms with Crippen LogP contribution in [0.2, 0.25) is 0 Å². The Morgan fingerprint density at radius 3 is 2.69 bits per heavy atom. The minimum absolute atomic E-state index is 0.144. The molecule has 3 aromatic rings. The van der Waals surface area contributed by atoms with Crippen LogP contribution in [0.15, 0.2) is 53.0 Å². The molecule has 0 atom stereocenters. The number of hydrogen-bond acceptors (Lipinski definition) is 5. The van der Waals surface area contributed by atoms with Gasteiger partial charge in [0, 0.05) is 24.4 Å². The average Bonchev–Trinajstić information content (AvgIpc) is 3.41. The Labute approximate surface area is 180 Å². The van der Waals surface area contributed by atoms with Gasteiger partial charge in [-0.3, -0.25) is 9.36 Å². The van der Waals surface area contributed by atoms with E-state index in [4.69, 9.17) is 0 Å². The van der Waals surface area contributed by atoms with E-state index < -0.39 is 0 Å². The van der Waals surface area contributed by atoms with Crippen LogP contribution in [0.5, 0.6) is 0 Å². The summed E-state index contributed by atoms with van der Waals surface area (Å²) in [7, 11) is 0. The number of thioether (sulfide) groups is 1. The van der Waals surface area contributed by atoms with Crippen LogP contribution in [0, 0.1) is 0 Å². The zero-order chi connectivity index (χ0) is 20.3. The number of nitrogens with one attached hydrogen (secondary N) is 1. The van der Waals surface area contributed by atoms with Gasteiger partial charge in [-0.1, -0.05) is 62.2 Å². The first-order chi connectivity index (χ1) is 14.3. The van der Waals surface area contributed by atoms with Crippen molar-refractivity contribution in [2.45, 2.75) is 50.6 Å². The Balaban J connectivity index is 1.54. The van der Waals surface area contributed by atoms with Crippen LogP contribution < -0.4 is 5.32 Å². The topological polar surface area (TPSA) is 59.8 Å². The predicted molar refractivity (Wildman–Crippen MR) is 122 cm³/mol. The molecular weight excluding hydrogens is 400 g/mol. The number of thiophene rings is 1. The molecular formula is C22H28N4OS2. The zero-order valence-corrected chi connectivity index (χ0v) is 18.5. The van der Waals surface area contributed by atoms with Crippen molar-refractivity contribution in [3.8, 4) is 16.4 Å². The summed E-state index contributed by atoms with van der Waals surface area (Å²) in [6.07, 6.45) is 6.09. The van der Waals surface area contributed by atoms with E-state index in [0.29, 0.717) is 6.42 Å². The molecule has 5 nitrogen and oxygen atoms in total. The van der Waals surface area contributed by atoms with Gasteiger partial charge < -0.3 is 5.32 Å². The molecule has 0 saturated heterocycles. The van der Waals surface area contributed by atoms with Crippen molar-refractivity contribution in [2.75, 3.05) is 12.3 Å². The van der Waals surface area contributed by atoms with Crippen molar-refractivity contribution in [2.24, 2.45) is 0 Å². The summed E-state index contributed by atoms with van der Waals surface area (Å²) in [6, 6.07) is 14.3. The van der Waals surface area contributed by atoms with E-state index in [-0.39, 0.29) is 5.91 Å². The van der Waals surface area contributed by atoms with Crippen LogP contribution in [0.4, 0.5) is 0 Å². The van der Waals surface area contributed by atoms with Gasteiger partial charge in [0.25, 0.3) is 0 Å². The van der Waals surface area contributed by atoms with Crippen LogP contribution in [-0.4, -0.2) is 33.0 Å². The van der Waals surface area contributed by atoms with Crippen LogP contribution in [-0.2, 0) is 4.79 Å². The molecule has 0 spiro atoms. The minimum atomic E-state index is 0.144. The number of rotatable bonds is 12.